The smallest absolute Gasteiger partial charge is 0.249 e. The molecule has 0 unspecified atom stereocenters. The lowest BCUT2D eigenvalue weighted by molar-refractivity contribution is 0.343. The molecule has 0 aliphatic heterocycles. The molecule has 0 saturated heterocycles. The first-order chi connectivity index (χ1) is 18.7. The van der Waals surface area contributed by atoms with Crippen LogP contribution < -0.4 is 10.6 Å². The number of hydrogen-bond acceptors (Lipinski definition) is 7. The van der Waals surface area contributed by atoms with Crippen LogP contribution in [-0.2, 0) is 6.80 Å². The van der Waals surface area contributed by atoms with Gasteiger partial charge in [0.1, 0.15) is 17.6 Å². The van der Waals surface area contributed by atoms with E-state index in [0.717, 1.165) is 29.1 Å². The predicted octanol–water partition coefficient (Wildman–Crippen LogP) is 6.04. The normalized spacial score (nSPS) is 13.0. The van der Waals surface area contributed by atoms with Crippen molar-refractivity contribution in [1.82, 2.24) is 25.0 Å². The summed E-state index contributed by atoms with van der Waals surface area (Å²) in [6, 6.07) is 9.01. The number of rotatable bonds is 7. The summed E-state index contributed by atoms with van der Waals surface area (Å²) < 4.78 is 64.2. The number of halogens is 5. The Hall–Kier alpha value is -4.76. The van der Waals surface area contributed by atoms with Gasteiger partial charge in [-0.2, -0.15) is 9.65 Å². The quantitative estimate of drug-likeness (QED) is 0.192. The lowest BCUT2D eigenvalue weighted by Gasteiger charge is -2.20. The minimum absolute atomic E-state index is 0.00177. The first-order valence-corrected chi connectivity index (χ1v) is 11.2. The van der Waals surface area contributed by atoms with Crippen molar-refractivity contribution >= 4 is 39.6 Å². The molecule has 0 radical (unpaired) electrons. The molecule has 8 nitrogen and oxygen atoms in total. The van der Waals surface area contributed by atoms with Gasteiger partial charge in [-0.25, -0.2) is 22.8 Å². The Kier molecular flexibility index (Phi) is 6.41. The van der Waals surface area contributed by atoms with Crippen molar-refractivity contribution in [2.75, 3.05) is 10.6 Å². The molecule has 13 heteroatoms. The van der Waals surface area contributed by atoms with E-state index in [-0.39, 0.29) is 44.4 Å². The molecule has 5 rings (SSSR count). The highest BCUT2D eigenvalue weighted by Gasteiger charge is 2.20. The molecule has 1 atom stereocenters. The van der Waals surface area contributed by atoms with Gasteiger partial charge in [-0.1, -0.05) is 28.9 Å². The van der Waals surface area contributed by atoms with E-state index in [2.05, 4.69) is 30.9 Å². The number of pyridine rings is 2. The summed E-state index contributed by atoms with van der Waals surface area (Å²) in [4.78, 5) is 7.58. The highest BCUT2D eigenvalue weighted by atomic mass is 35.5. The zero-order chi connectivity index (χ0) is 27.7. The molecule has 3 aromatic heterocycles. The van der Waals surface area contributed by atoms with Crippen molar-refractivity contribution in [3.8, 4) is 6.07 Å². The highest BCUT2D eigenvalue weighted by molar-refractivity contribution is 6.36. The molecular weight excluding hydrogens is 524 g/mol. The molecule has 3 heterocycles. The van der Waals surface area contributed by atoms with E-state index in [1.165, 1.54) is 36.7 Å². The molecule has 38 heavy (non-hydrogen) atoms. The van der Waals surface area contributed by atoms with Gasteiger partial charge in [-0.05, 0) is 29.8 Å². The molecule has 0 saturated carbocycles. The fourth-order valence-electron chi connectivity index (χ4n) is 3.70. The molecule has 0 aliphatic carbocycles. The number of nitrogens with one attached hydrogen (secondary N) is 2. The third-order valence-corrected chi connectivity index (χ3v) is 5.72. The molecule has 5 aromatic rings. The van der Waals surface area contributed by atoms with Crippen molar-refractivity contribution < 1.29 is 18.9 Å². The van der Waals surface area contributed by atoms with Crippen LogP contribution in [0.5, 0.6) is 0 Å². The maximum atomic E-state index is 13.8. The van der Waals surface area contributed by atoms with Crippen LogP contribution in [0, 0.1) is 28.9 Å². The molecule has 0 spiro atoms. The lowest BCUT2D eigenvalue weighted by Crippen LogP contribution is -2.13. The van der Waals surface area contributed by atoms with Crippen LogP contribution in [0.25, 0.3) is 10.9 Å². The molecule has 2 aromatic carbocycles. The van der Waals surface area contributed by atoms with Gasteiger partial charge in [-0.3, -0.25) is 4.98 Å². The van der Waals surface area contributed by atoms with Crippen LogP contribution >= 0.6 is 11.6 Å². The number of benzene rings is 2. The number of nitriles is 1. The monoisotopic (exact) mass is 539 g/mol. The Morgan fingerprint density at radius 2 is 1.87 bits per heavy atom. The van der Waals surface area contributed by atoms with Gasteiger partial charge in [-0.15, -0.1) is 5.10 Å². The first-order valence-electron chi connectivity index (χ1n) is 11.3. The van der Waals surface area contributed by atoms with Crippen molar-refractivity contribution in [1.29, 1.82) is 5.26 Å². The Morgan fingerprint density at radius 1 is 1.08 bits per heavy atom. The molecule has 0 aliphatic rings. The van der Waals surface area contributed by atoms with Crippen LogP contribution in [-0.4, -0.2) is 25.0 Å². The second kappa shape index (κ2) is 10.3. The van der Waals surface area contributed by atoms with Crippen LogP contribution in [0.3, 0.4) is 0 Å². The number of hydrogen-bond donors (Lipinski definition) is 2. The van der Waals surface area contributed by atoms with E-state index >= 15 is 0 Å². The van der Waals surface area contributed by atoms with Gasteiger partial charge in [0.05, 0.1) is 47.3 Å². The van der Waals surface area contributed by atoms with Crippen LogP contribution in [0.2, 0.25) is 5.02 Å². The topological polar surface area (TPSA) is 104 Å². The minimum Gasteiger partial charge on any atom is -0.373 e. The van der Waals surface area contributed by atoms with Gasteiger partial charge in [0.15, 0.2) is 12.6 Å². The fraction of sp³-hybridized carbons (Fsp3) is 0.0800. The van der Waals surface area contributed by atoms with Gasteiger partial charge < -0.3 is 10.6 Å². The van der Waals surface area contributed by atoms with Gasteiger partial charge in [0, 0.05) is 23.3 Å². The van der Waals surface area contributed by atoms with E-state index in [1.54, 1.807) is 0 Å². The number of nitrogens with zero attached hydrogens (tertiary/aromatic N) is 6. The number of aromatic nitrogens is 5. The lowest BCUT2D eigenvalue weighted by atomic mass is 10.0. The van der Waals surface area contributed by atoms with Gasteiger partial charge in [0.25, 0.3) is 0 Å². The molecule has 2 N–H and O–H groups in total. The number of fused-ring (bicyclic) bond motifs is 1. The average Bonchev–Trinajstić information content (AvgIpc) is 3.42. The summed E-state index contributed by atoms with van der Waals surface area (Å²) in [5.41, 5.74) is 1.03. The van der Waals surface area contributed by atoms with E-state index in [0.29, 0.717) is 5.39 Å². The molecular formula is C25H15ClF4N8. The van der Waals surface area contributed by atoms with Gasteiger partial charge >= 0.3 is 0 Å². The van der Waals surface area contributed by atoms with Crippen LogP contribution in [0.1, 0.15) is 24.2 Å². The van der Waals surface area contributed by atoms with Crippen LogP contribution in [0.4, 0.5) is 34.6 Å². The largest absolute Gasteiger partial charge is 0.373 e. The maximum absolute atomic E-state index is 13.8. The summed E-state index contributed by atoms with van der Waals surface area (Å²) in [6.45, 7) is -0.981. The summed E-state index contributed by atoms with van der Waals surface area (Å²) >= 11 is 6.52. The van der Waals surface area contributed by atoms with Crippen LogP contribution in [0.15, 0.2) is 61.1 Å². The van der Waals surface area contributed by atoms with Crippen molar-refractivity contribution in [2.45, 2.75) is 12.8 Å². The maximum Gasteiger partial charge on any atom is 0.249 e. The van der Waals surface area contributed by atoms with Crippen molar-refractivity contribution in [2.24, 2.45) is 0 Å². The Balaban J connectivity index is 1.65. The van der Waals surface area contributed by atoms with E-state index < -0.39 is 30.4 Å². The zero-order valence-electron chi connectivity index (χ0n) is 20.1. The summed E-state index contributed by atoms with van der Waals surface area (Å²) in [6.07, 6.45) is 3.54. The number of anilines is 3. The van der Waals surface area contributed by atoms with E-state index in [1.807, 2.05) is 6.07 Å². The second-order valence-corrected chi connectivity index (χ2v) is 8.31. The Labute approximate surface area is 218 Å². The van der Waals surface area contributed by atoms with Crippen molar-refractivity contribution in [3.05, 3.63) is 100 Å². The predicted molar refractivity (Wildman–Crippen MR) is 132 cm³/mol. The summed E-state index contributed by atoms with van der Waals surface area (Å²) in [7, 11) is 0. The SMILES string of the molecule is [2H][C@@](Nc1cc(Cl)c2ncc(C#N)c(Nc3cnc(F)c(F)c3)c2c1)(c1ccc(F)cc1)c1cn(CF)nn1. The molecule has 0 bridgehead atoms. The van der Waals surface area contributed by atoms with Gasteiger partial charge in [0.2, 0.25) is 5.95 Å². The van der Waals surface area contributed by atoms with Crippen molar-refractivity contribution in [3.63, 3.8) is 0 Å². The number of alkyl halides is 1. The van der Waals surface area contributed by atoms with E-state index in [9.17, 15) is 24.2 Å². The standard InChI is InChI=1S/C25H15ClF4N8/c26-19-6-16(34-23(13-1-3-15(28)4-2-13)21-11-38(12-27)37-36-21)5-18-22(14(8-31)9-32-24(18)19)35-17-7-20(29)25(30)33-10-17/h1-7,9-11,23,34H,12H2,(H,32,35)/t23-/m1/s1/i23D. The average molecular weight is 540 g/mol. The zero-order valence-corrected chi connectivity index (χ0v) is 19.8. The third kappa shape index (κ3) is 4.91. The summed E-state index contributed by atoms with van der Waals surface area (Å²) in [5, 5.41) is 23.5. The fourth-order valence-corrected chi connectivity index (χ4v) is 3.97. The Bertz CT molecular complexity index is 1740. The first kappa shape index (κ1) is 23.6. The molecule has 0 fully saturated rings. The molecule has 0 amide bonds. The second-order valence-electron chi connectivity index (χ2n) is 7.90. The Morgan fingerprint density at radius 3 is 2.55 bits per heavy atom. The summed E-state index contributed by atoms with van der Waals surface area (Å²) in [5.74, 6) is -3.01. The van der Waals surface area contributed by atoms with E-state index in [4.69, 9.17) is 11.6 Å². The molecule has 190 valence electrons. The third-order valence-electron chi connectivity index (χ3n) is 5.43. The minimum atomic E-state index is -1.89. The highest BCUT2D eigenvalue weighted by Crippen LogP contribution is 2.36.